The van der Waals surface area contributed by atoms with E-state index in [9.17, 15) is 0 Å². The van der Waals surface area contributed by atoms with Crippen LogP contribution in [0.4, 0.5) is 0 Å². The van der Waals surface area contributed by atoms with Gasteiger partial charge in [-0.3, -0.25) is 0 Å². The smallest absolute Gasteiger partial charge is 0.119 e. The molecule has 28 heavy (non-hydrogen) atoms. The molecule has 0 heterocycles. The molecule has 0 saturated carbocycles. The Morgan fingerprint density at radius 1 is 0.929 bits per heavy atom. The molecule has 4 rings (SSSR count). The van der Waals surface area contributed by atoms with Crippen LogP contribution in [0.15, 0.2) is 78.9 Å². The highest BCUT2D eigenvalue weighted by Gasteiger charge is 2.30. The average Bonchev–Trinajstić information content (AvgIpc) is 2.77. The normalized spacial score (nSPS) is 18.5. The van der Waals surface area contributed by atoms with Crippen LogP contribution in [-0.4, -0.2) is 20.2 Å². The summed E-state index contributed by atoms with van der Waals surface area (Å²) in [5.41, 5.74) is 5.72. The van der Waals surface area contributed by atoms with Gasteiger partial charge in [0.2, 0.25) is 0 Å². The van der Waals surface area contributed by atoms with Crippen molar-refractivity contribution < 1.29 is 4.74 Å². The number of nitrogens with one attached hydrogen (secondary N) is 1. The van der Waals surface area contributed by atoms with Crippen molar-refractivity contribution in [2.45, 2.75) is 25.2 Å². The zero-order valence-electron chi connectivity index (χ0n) is 16.6. The molecule has 0 saturated heterocycles. The first-order valence-corrected chi connectivity index (χ1v) is 10.3. The molecule has 0 radical (unpaired) electrons. The second kappa shape index (κ2) is 9.07. The van der Waals surface area contributed by atoms with Crippen LogP contribution in [0.5, 0.6) is 5.75 Å². The Morgan fingerprint density at radius 3 is 2.43 bits per heavy atom. The molecule has 0 aromatic heterocycles. The summed E-state index contributed by atoms with van der Waals surface area (Å²) in [5, 5.41) is 3.73. The van der Waals surface area contributed by atoms with Crippen molar-refractivity contribution in [3.05, 3.63) is 101 Å². The number of rotatable bonds is 7. The Hall–Kier alpha value is -2.58. The first-order valence-electron chi connectivity index (χ1n) is 10.3. The van der Waals surface area contributed by atoms with Gasteiger partial charge in [0.1, 0.15) is 5.75 Å². The van der Waals surface area contributed by atoms with Crippen LogP contribution in [0.1, 0.15) is 34.6 Å². The fourth-order valence-corrected chi connectivity index (χ4v) is 4.49. The van der Waals surface area contributed by atoms with Gasteiger partial charge in [-0.25, -0.2) is 0 Å². The number of hydrogen-bond donors (Lipinski definition) is 1. The second-order valence-electron chi connectivity index (χ2n) is 7.69. The number of aryl methyl sites for hydroxylation is 1. The van der Waals surface area contributed by atoms with Crippen molar-refractivity contribution >= 4 is 0 Å². The maximum absolute atomic E-state index is 5.46. The number of hydrogen-bond acceptors (Lipinski definition) is 2. The highest BCUT2D eigenvalue weighted by Crippen LogP contribution is 2.41. The van der Waals surface area contributed by atoms with Crippen LogP contribution in [0, 0.1) is 5.92 Å². The third-order valence-electron chi connectivity index (χ3n) is 5.94. The molecule has 0 amide bonds. The molecule has 1 aliphatic rings. The Kier molecular flexibility index (Phi) is 6.08. The lowest BCUT2D eigenvalue weighted by molar-refractivity contribution is 0.381. The lowest BCUT2D eigenvalue weighted by atomic mass is 9.71. The molecule has 144 valence electrons. The van der Waals surface area contributed by atoms with Crippen LogP contribution >= 0.6 is 0 Å². The van der Waals surface area contributed by atoms with Gasteiger partial charge in [0.15, 0.2) is 0 Å². The lowest BCUT2D eigenvalue weighted by Crippen LogP contribution is -2.32. The van der Waals surface area contributed by atoms with Crippen LogP contribution in [0.25, 0.3) is 0 Å². The molecular formula is C26H29NO. The minimum Gasteiger partial charge on any atom is -0.497 e. The molecule has 0 fully saturated rings. The van der Waals surface area contributed by atoms with E-state index in [1.54, 1.807) is 7.11 Å². The van der Waals surface area contributed by atoms with E-state index in [1.807, 2.05) is 0 Å². The molecule has 2 atom stereocenters. The van der Waals surface area contributed by atoms with Crippen LogP contribution in [0.2, 0.25) is 0 Å². The van der Waals surface area contributed by atoms with Gasteiger partial charge < -0.3 is 10.1 Å². The van der Waals surface area contributed by atoms with Crippen molar-refractivity contribution in [1.29, 1.82) is 0 Å². The fraction of sp³-hybridized carbons (Fsp3) is 0.308. The molecule has 0 spiro atoms. The Bertz CT molecular complexity index is 875. The van der Waals surface area contributed by atoms with E-state index in [0.29, 0.717) is 11.8 Å². The average molecular weight is 372 g/mol. The Morgan fingerprint density at radius 2 is 1.68 bits per heavy atom. The molecule has 0 unspecified atom stereocenters. The van der Waals surface area contributed by atoms with Gasteiger partial charge in [-0.2, -0.15) is 0 Å². The number of methoxy groups -OCH3 is 1. The second-order valence-corrected chi connectivity index (χ2v) is 7.69. The van der Waals surface area contributed by atoms with Crippen LogP contribution < -0.4 is 10.1 Å². The molecule has 0 aliphatic heterocycles. The van der Waals surface area contributed by atoms with E-state index < -0.39 is 0 Å². The number of fused-ring (bicyclic) bond motifs is 1. The third kappa shape index (κ3) is 4.28. The van der Waals surface area contributed by atoms with E-state index >= 15 is 0 Å². The van der Waals surface area contributed by atoms with Crippen molar-refractivity contribution in [3.8, 4) is 5.75 Å². The number of ether oxygens (including phenoxy) is 1. The minimum atomic E-state index is 0.445. The van der Waals surface area contributed by atoms with Crippen molar-refractivity contribution in [3.63, 3.8) is 0 Å². The maximum atomic E-state index is 5.46. The van der Waals surface area contributed by atoms with E-state index in [2.05, 4.69) is 84.2 Å². The van der Waals surface area contributed by atoms with Crippen LogP contribution in [0.3, 0.4) is 0 Å². The van der Waals surface area contributed by atoms with Crippen molar-refractivity contribution in [2.75, 3.05) is 20.2 Å². The Balaban J connectivity index is 1.49. The van der Waals surface area contributed by atoms with Gasteiger partial charge in [-0.1, -0.05) is 66.7 Å². The SMILES string of the molecule is COc1ccc2c(c1)CC[C@@H](CNCCc1ccccc1)[C@H]2c1ccccc1. The molecule has 0 bridgehead atoms. The summed E-state index contributed by atoms with van der Waals surface area (Å²) < 4.78 is 5.46. The Labute approximate surface area is 168 Å². The molecule has 3 aromatic rings. The van der Waals surface area contributed by atoms with Crippen molar-refractivity contribution in [1.82, 2.24) is 5.32 Å². The molecule has 2 nitrogen and oxygen atoms in total. The predicted molar refractivity (Wildman–Crippen MR) is 116 cm³/mol. The standard InChI is InChI=1S/C26H29NO/c1-28-24-14-15-25-22(18-24)12-13-23(26(25)21-10-6-3-7-11-21)19-27-17-16-20-8-4-2-5-9-20/h2-11,14-15,18,23,26-27H,12-13,16-17,19H2,1H3/t23-,26+/m0/s1. The van der Waals surface area contributed by atoms with E-state index in [-0.39, 0.29) is 0 Å². The van der Waals surface area contributed by atoms with Crippen LogP contribution in [-0.2, 0) is 12.8 Å². The van der Waals surface area contributed by atoms with E-state index in [0.717, 1.165) is 31.7 Å². The topological polar surface area (TPSA) is 21.3 Å². The molecule has 1 aliphatic carbocycles. The summed E-state index contributed by atoms with van der Waals surface area (Å²) in [6.07, 6.45) is 3.41. The zero-order chi connectivity index (χ0) is 19.2. The van der Waals surface area contributed by atoms with Gasteiger partial charge in [-0.15, -0.1) is 0 Å². The number of benzene rings is 3. The lowest BCUT2D eigenvalue weighted by Gasteiger charge is -2.34. The predicted octanol–water partition coefficient (Wildman–Crippen LogP) is 5.22. The summed E-state index contributed by atoms with van der Waals surface area (Å²) >= 11 is 0. The van der Waals surface area contributed by atoms with Gasteiger partial charge in [-0.05, 0) is 72.7 Å². The highest BCUT2D eigenvalue weighted by atomic mass is 16.5. The van der Waals surface area contributed by atoms with Gasteiger partial charge in [0, 0.05) is 5.92 Å². The van der Waals surface area contributed by atoms with Gasteiger partial charge in [0.25, 0.3) is 0 Å². The van der Waals surface area contributed by atoms with Gasteiger partial charge in [0.05, 0.1) is 7.11 Å². The van der Waals surface area contributed by atoms with E-state index in [1.165, 1.54) is 28.7 Å². The first kappa shape index (κ1) is 18.8. The summed E-state index contributed by atoms with van der Waals surface area (Å²) in [4.78, 5) is 0. The highest BCUT2D eigenvalue weighted by molar-refractivity contribution is 5.44. The summed E-state index contributed by atoms with van der Waals surface area (Å²) in [6, 6.07) is 28.3. The minimum absolute atomic E-state index is 0.445. The molecular weight excluding hydrogens is 342 g/mol. The van der Waals surface area contributed by atoms with Crippen molar-refractivity contribution in [2.24, 2.45) is 5.92 Å². The van der Waals surface area contributed by atoms with Gasteiger partial charge >= 0.3 is 0 Å². The van der Waals surface area contributed by atoms with E-state index in [4.69, 9.17) is 4.74 Å². The third-order valence-corrected chi connectivity index (χ3v) is 5.94. The molecule has 1 N–H and O–H groups in total. The molecule has 2 heteroatoms. The maximum Gasteiger partial charge on any atom is 0.119 e. The monoisotopic (exact) mass is 371 g/mol. The fourth-order valence-electron chi connectivity index (χ4n) is 4.49. The quantitative estimate of drug-likeness (QED) is 0.575. The summed E-state index contributed by atoms with van der Waals surface area (Å²) in [6.45, 7) is 2.08. The summed E-state index contributed by atoms with van der Waals surface area (Å²) in [7, 11) is 1.75. The zero-order valence-corrected chi connectivity index (χ0v) is 16.6. The summed E-state index contributed by atoms with van der Waals surface area (Å²) in [5.74, 6) is 2.02. The molecule has 3 aromatic carbocycles. The first-order chi connectivity index (χ1) is 13.8. The largest absolute Gasteiger partial charge is 0.497 e.